The van der Waals surface area contributed by atoms with Crippen LogP contribution in [0.5, 0.6) is 0 Å². The summed E-state index contributed by atoms with van der Waals surface area (Å²) < 4.78 is 0. The smallest absolute Gasteiger partial charge is 0.245 e. The van der Waals surface area contributed by atoms with E-state index in [4.69, 9.17) is 0 Å². The molecule has 1 saturated carbocycles. The van der Waals surface area contributed by atoms with E-state index in [9.17, 15) is 9.59 Å². The summed E-state index contributed by atoms with van der Waals surface area (Å²) in [7, 11) is 0. The molecule has 0 aromatic heterocycles. The monoisotopic (exact) mass is 266 g/mol. The third kappa shape index (κ3) is 2.63. The Kier molecular flexibility index (Phi) is 3.63. The molecule has 1 aliphatic heterocycles. The number of carbonyl (C=O) groups is 2. The molecule has 19 heavy (non-hydrogen) atoms. The van der Waals surface area contributed by atoms with Gasteiger partial charge in [0.1, 0.15) is 6.04 Å². The van der Waals surface area contributed by atoms with Crippen LogP contribution < -0.4 is 5.32 Å². The summed E-state index contributed by atoms with van der Waals surface area (Å²) in [6.07, 6.45) is 5.74. The highest BCUT2D eigenvalue weighted by atomic mass is 16.2. The third-order valence-corrected chi connectivity index (χ3v) is 4.55. The number of likely N-dealkylation sites (tertiary alicyclic amines) is 1. The van der Waals surface area contributed by atoms with Crippen molar-refractivity contribution in [1.82, 2.24) is 10.2 Å². The molecule has 1 spiro atoms. The first-order valence-corrected chi connectivity index (χ1v) is 7.39. The van der Waals surface area contributed by atoms with Crippen LogP contribution in [-0.4, -0.2) is 34.8 Å². The zero-order chi connectivity index (χ0) is 14.3. The Bertz CT molecular complexity index is 380. The van der Waals surface area contributed by atoms with Crippen molar-refractivity contribution in [3.8, 4) is 0 Å². The van der Waals surface area contributed by atoms with Crippen LogP contribution in [-0.2, 0) is 9.59 Å². The van der Waals surface area contributed by atoms with Gasteiger partial charge in [0.2, 0.25) is 11.8 Å². The molecule has 1 heterocycles. The lowest BCUT2D eigenvalue weighted by Gasteiger charge is -2.46. The Morgan fingerprint density at radius 2 is 1.74 bits per heavy atom. The van der Waals surface area contributed by atoms with Crippen LogP contribution in [0.15, 0.2) is 0 Å². The minimum atomic E-state index is -0.451. The fraction of sp³-hybridized carbons (Fsp3) is 0.867. The molecule has 0 aromatic carbocycles. The maximum absolute atomic E-state index is 12.5. The summed E-state index contributed by atoms with van der Waals surface area (Å²) >= 11 is 0. The first-order valence-electron chi connectivity index (χ1n) is 7.39. The van der Waals surface area contributed by atoms with Crippen molar-refractivity contribution in [3.63, 3.8) is 0 Å². The topological polar surface area (TPSA) is 49.4 Å². The van der Waals surface area contributed by atoms with Crippen molar-refractivity contribution in [2.75, 3.05) is 6.54 Å². The predicted octanol–water partition coefficient (Wildman–Crippen LogP) is 2.08. The molecular weight excluding hydrogens is 240 g/mol. The average Bonchev–Trinajstić information content (AvgIpc) is 2.70. The van der Waals surface area contributed by atoms with E-state index in [1.165, 1.54) is 6.42 Å². The Hall–Kier alpha value is -1.06. The van der Waals surface area contributed by atoms with E-state index < -0.39 is 11.5 Å². The predicted molar refractivity (Wildman–Crippen MR) is 74.6 cm³/mol. The molecule has 4 heteroatoms. The fourth-order valence-corrected chi connectivity index (χ4v) is 3.10. The SMILES string of the molecule is CC(NC(=O)C(C)(C)C)C(=O)N1CCCC12CCC2. The van der Waals surface area contributed by atoms with Crippen molar-refractivity contribution in [2.24, 2.45) is 5.41 Å². The fourth-order valence-electron chi connectivity index (χ4n) is 3.10. The van der Waals surface area contributed by atoms with Crippen LogP contribution in [0.3, 0.4) is 0 Å². The van der Waals surface area contributed by atoms with E-state index in [2.05, 4.69) is 5.32 Å². The summed E-state index contributed by atoms with van der Waals surface area (Å²) in [5, 5.41) is 2.85. The van der Waals surface area contributed by atoms with Gasteiger partial charge in [-0.25, -0.2) is 0 Å². The summed E-state index contributed by atoms with van der Waals surface area (Å²) in [4.78, 5) is 26.5. The van der Waals surface area contributed by atoms with Crippen molar-refractivity contribution in [1.29, 1.82) is 0 Å². The van der Waals surface area contributed by atoms with Gasteiger partial charge in [0.15, 0.2) is 0 Å². The van der Waals surface area contributed by atoms with Crippen LogP contribution >= 0.6 is 0 Å². The van der Waals surface area contributed by atoms with Crippen LogP contribution in [0.4, 0.5) is 0 Å². The third-order valence-electron chi connectivity index (χ3n) is 4.55. The van der Waals surface area contributed by atoms with Crippen LogP contribution in [0.25, 0.3) is 0 Å². The molecule has 1 unspecified atom stereocenters. The number of carbonyl (C=O) groups excluding carboxylic acids is 2. The second-order valence-electron chi connectivity index (χ2n) is 7.12. The number of hydrogen-bond donors (Lipinski definition) is 1. The van der Waals surface area contributed by atoms with Crippen molar-refractivity contribution in [3.05, 3.63) is 0 Å². The molecule has 2 fully saturated rings. The largest absolute Gasteiger partial charge is 0.344 e. The van der Waals surface area contributed by atoms with E-state index in [-0.39, 0.29) is 17.4 Å². The molecule has 2 aliphatic rings. The number of nitrogens with one attached hydrogen (secondary N) is 1. The van der Waals surface area contributed by atoms with Gasteiger partial charge in [-0.05, 0) is 39.0 Å². The molecular formula is C15H26N2O2. The number of nitrogens with zero attached hydrogens (tertiary/aromatic N) is 1. The van der Waals surface area contributed by atoms with Gasteiger partial charge in [-0.3, -0.25) is 9.59 Å². The van der Waals surface area contributed by atoms with Crippen molar-refractivity contribution < 1.29 is 9.59 Å². The molecule has 0 radical (unpaired) electrons. The van der Waals surface area contributed by atoms with Gasteiger partial charge in [-0.2, -0.15) is 0 Å². The molecule has 2 rings (SSSR count). The summed E-state index contributed by atoms with van der Waals surface area (Å²) in [5.74, 6) is 0.0324. The van der Waals surface area contributed by atoms with E-state index in [1.54, 1.807) is 6.92 Å². The molecule has 1 saturated heterocycles. The second-order valence-corrected chi connectivity index (χ2v) is 7.12. The van der Waals surface area contributed by atoms with Crippen molar-refractivity contribution >= 4 is 11.8 Å². The Morgan fingerprint density at radius 3 is 2.21 bits per heavy atom. The first-order chi connectivity index (χ1) is 8.76. The van der Waals surface area contributed by atoms with Gasteiger partial charge in [-0.15, -0.1) is 0 Å². The van der Waals surface area contributed by atoms with Gasteiger partial charge in [0.05, 0.1) is 0 Å². The standard InChI is InChI=1S/C15H26N2O2/c1-11(16-13(19)14(2,3)4)12(18)17-10-6-9-15(17)7-5-8-15/h11H,5-10H2,1-4H3,(H,16,19). The maximum Gasteiger partial charge on any atom is 0.245 e. The molecule has 1 N–H and O–H groups in total. The zero-order valence-corrected chi connectivity index (χ0v) is 12.6. The quantitative estimate of drug-likeness (QED) is 0.832. The molecule has 108 valence electrons. The Balaban J connectivity index is 1.98. The number of amides is 2. The van der Waals surface area contributed by atoms with Crippen molar-refractivity contribution in [2.45, 2.75) is 71.4 Å². The van der Waals surface area contributed by atoms with Gasteiger partial charge in [0, 0.05) is 17.5 Å². The minimum absolute atomic E-state index is 0.0600. The Morgan fingerprint density at radius 1 is 1.16 bits per heavy atom. The van der Waals surface area contributed by atoms with Crippen LogP contribution in [0.2, 0.25) is 0 Å². The molecule has 0 aromatic rings. The molecule has 1 aliphatic carbocycles. The normalized spacial score (nSPS) is 23.1. The van der Waals surface area contributed by atoms with E-state index >= 15 is 0 Å². The molecule has 1 atom stereocenters. The second kappa shape index (κ2) is 4.80. The van der Waals surface area contributed by atoms with Gasteiger partial charge >= 0.3 is 0 Å². The van der Waals surface area contributed by atoms with E-state index in [0.717, 1.165) is 32.2 Å². The lowest BCUT2D eigenvalue weighted by Crippen LogP contribution is -2.57. The van der Waals surface area contributed by atoms with Gasteiger partial charge < -0.3 is 10.2 Å². The average molecular weight is 266 g/mol. The lowest BCUT2D eigenvalue weighted by molar-refractivity contribution is -0.143. The maximum atomic E-state index is 12.5. The highest BCUT2D eigenvalue weighted by Gasteiger charge is 2.48. The summed E-state index contributed by atoms with van der Waals surface area (Å²) in [6, 6.07) is -0.415. The minimum Gasteiger partial charge on any atom is -0.344 e. The highest BCUT2D eigenvalue weighted by Crippen LogP contribution is 2.45. The first kappa shape index (κ1) is 14.4. The zero-order valence-electron chi connectivity index (χ0n) is 12.6. The number of hydrogen-bond acceptors (Lipinski definition) is 2. The summed E-state index contributed by atoms with van der Waals surface area (Å²) in [5.41, 5.74) is -0.314. The van der Waals surface area contributed by atoms with Gasteiger partial charge in [0.25, 0.3) is 0 Å². The molecule has 4 nitrogen and oxygen atoms in total. The Labute approximate surface area is 115 Å². The molecule has 0 bridgehead atoms. The van der Waals surface area contributed by atoms with Crippen LogP contribution in [0, 0.1) is 5.41 Å². The lowest BCUT2D eigenvalue weighted by atomic mass is 9.74. The molecule has 2 amide bonds. The number of rotatable bonds is 2. The van der Waals surface area contributed by atoms with E-state index in [1.807, 2.05) is 25.7 Å². The van der Waals surface area contributed by atoms with E-state index in [0.29, 0.717) is 0 Å². The highest BCUT2D eigenvalue weighted by molar-refractivity contribution is 5.89. The van der Waals surface area contributed by atoms with Crippen LogP contribution in [0.1, 0.15) is 59.8 Å². The van der Waals surface area contributed by atoms with Gasteiger partial charge in [-0.1, -0.05) is 20.8 Å². The summed E-state index contributed by atoms with van der Waals surface area (Å²) in [6.45, 7) is 8.25.